The Bertz CT molecular complexity index is 814. The molecule has 1 aliphatic rings. The number of likely N-dealkylation sites (tertiary alicyclic amines) is 1. The lowest BCUT2D eigenvalue weighted by Crippen LogP contribution is -2.48. The molecule has 0 radical (unpaired) electrons. The van der Waals surface area contributed by atoms with Crippen molar-refractivity contribution in [1.82, 2.24) is 19.8 Å². The molecule has 1 aromatic carbocycles. The molecule has 0 saturated carbocycles. The van der Waals surface area contributed by atoms with Gasteiger partial charge in [0.1, 0.15) is 5.82 Å². The average molecular weight is 482 g/mol. The molecule has 0 aliphatic carbocycles. The molecule has 0 amide bonds. The van der Waals surface area contributed by atoms with E-state index < -0.39 is 0 Å². The predicted octanol–water partition coefficient (Wildman–Crippen LogP) is 3.17. The van der Waals surface area contributed by atoms with E-state index in [-0.39, 0.29) is 36.3 Å². The molecule has 1 N–H and O–H groups in total. The van der Waals surface area contributed by atoms with E-state index in [1.807, 2.05) is 18.6 Å². The zero-order chi connectivity index (χ0) is 18.5. The minimum atomic E-state index is -0.324. The van der Waals surface area contributed by atoms with Crippen molar-refractivity contribution in [1.29, 1.82) is 5.26 Å². The number of imidazole rings is 1. The van der Waals surface area contributed by atoms with Gasteiger partial charge in [-0.15, -0.1) is 24.0 Å². The molecular weight excluding hydrogens is 458 g/mol. The fourth-order valence-electron chi connectivity index (χ4n) is 3.38. The molecule has 27 heavy (non-hydrogen) atoms. The van der Waals surface area contributed by atoms with Crippen LogP contribution >= 0.6 is 24.0 Å². The normalized spacial score (nSPS) is 19.9. The van der Waals surface area contributed by atoms with Crippen LogP contribution in [0.2, 0.25) is 0 Å². The smallest absolute Gasteiger partial charge is 0.193 e. The minimum absolute atomic E-state index is 0. The Hall–Kier alpha value is -2.15. The van der Waals surface area contributed by atoms with E-state index >= 15 is 0 Å². The number of aliphatic imine (C=N–C) groups is 1. The molecule has 2 aromatic rings. The van der Waals surface area contributed by atoms with E-state index in [1.165, 1.54) is 12.1 Å². The third-order valence-electron chi connectivity index (χ3n) is 4.95. The van der Waals surface area contributed by atoms with Crippen LogP contribution in [0.4, 0.5) is 4.39 Å². The van der Waals surface area contributed by atoms with Gasteiger partial charge in [0.2, 0.25) is 0 Å². The van der Waals surface area contributed by atoms with E-state index in [4.69, 9.17) is 5.26 Å². The zero-order valence-electron chi connectivity index (χ0n) is 15.5. The Kier molecular flexibility index (Phi) is 7.59. The number of hydrogen-bond acceptors (Lipinski definition) is 3. The van der Waals surface area contributed by atoms with E-state index in [1.54, 1.807) is 19.3 Å². The second-order valence-corrected chi connectivity index (χ2v) is 6.61. The van der Waals surface area contributed by atoms with Gasteiger partial charge < -0.3 is 14.8 Å². The minimum Gasteiger partial charge on any atom is -0.352 e. The lowest BCUT2D eigenvalue weighted by Gasteiger charge is -2.39. The lowest BCUT2D eigenvalue weighted by atomic mass is 9.93. The highest BCUT2D eigenvalue weighted by Gasteiger charge is 2.28. The maximum Gasteiger partial charge on any atom is 0.193 e. The van der Waals surface area contributed by atoms with Crippen LogP contribution in [0.3, 0.4) is 0 Å². The molecule has 8 heteroatoms. The van der Waals surface area contributed by atoms with Gasteiger partial charge in [0.15, 0.2) is 5.96 Å². The van der Waals surface area contributed by atoms with Crippen LogP contribution < -0.4 is 5.32 Å². The largest absolute Gasteiger partial charge is 0.352 e. The Morgan fingerprint density at radius 3 is 2.96 bits per heavy atom. The third kappa shape index (κ3) is 4.97. The molecule has 144 valence electrons. The second-order valence-electron chi connectivity index (χ2n) is 6.61. The van der Waals surface area contributed by atoms with E-state index in [0.29, 0.717) is 23.1 Å². The van der Waals surface area contributed by atoms with Gasteiger partial charge in [-0.3, -0.25) is 4.99 Å². The quantitative estimate of drug-likeness (QED) is 0.415. The van der Waals surface area contributed by atoms with E-state index in [2.05, 4.69) is 31.7 Å². The number of halogens is 2. The van der Waals surface area contributed by atoms with Crippen LogP contribution in [0.15, 0.2) is 41.9 Å². The highest BCUT2D eigenvalue weighted by atomic mass is 127. The number of benzene rings is 1. The molecule has 1 saturated heterocycles. The van der Waals surface area contributed by atoms with E-state index in [9.17, 15) is 4.39 Å². The topological polar surface area (TPSA) is 69.2 Å². The molecule has 6 nitrogen and oxygen atoms in total. The predicted molar refractivity (Wildman–Crippen MR) is 113 cm³/mol. The van der Waals surface area contributed by atoms with Gasteiger partial charge in [-0.25, -0.2) is 9.37 Å². The number of guanidine groups is 1. The van der Waals surface area contributed by atoms with Crippen molar-refractivity contribution in [2.24, 2.45) is 10.9 Å². The molecule has 2 atom stereocenters. The van der Waals surface area contributed by atoms with Crippen LogP contribution in [0.5, 0.6) is 0 Å². The van der Waals surface area contributed by atoms with Crippen LogP contribution in [0.1, 0.15) is 30.5 Å². The summed E-state index contributed by atoms with van der Waals surface area (Å²) in [5.41, 5.74) is 0.909. The summed E-state index contributed by atoms with van der Waals surface area (Å²) in [4.78, 5) is 10.7. The van der Waals surface area contributed by atoms with E-state index in [0.717, 1.165) is 25.5 Å². The standard InChI is InChI=1S/C19H23FN6.HI/c1-14-5-7-25(12-18(14)26-8-6-23-13-26)19(22-2)24-11-16-9-15(10-21)3-4-17(16)20;/h3-4,6,8-9,13-14,18H,5,7,11-12H2,1-2H3,(H,22,24);1H. The first-order valence-corrected chi connectivity index (χ1v) is 8.74. The Labute approximate surface area is 176 Å². The molecular formula is C19H24FIN6. The molecule has 0 spiro atoms. The van der Waals surface area contributed by atoms with Crippen molar-refractivity contribution in [3.63, 3.8) is 0 Å². The van der Waals surface area contributed by atoms with Crippen LogP contribution in [-0.2, 0) is 6.54 Å². The molecule has 3 rings (SSSR count). The Morgan fingerprint density at radius 1 is 1.48 bits per heavy atom. The highest BCUT2D eigenvalue weighted by molar-refractivity contribution is 14.0. The van der Waals surface area contributed by atoms with Gasteiger partial charge in [0.05, 0.1) is 24.0 Å². The summed E-state index contributed by atoms with van der Waals surface area (Å²) in [5.74, 6) is 0.961. The number of rotatable bonds is 3. The average Bonchev–Trinajstić information content (AvgIpc) is 3.19. The van der Waals surface area contributed by atoms with Crippen molar-refractivity contribution in [3.8, 4) is 6.07 Å². The van der Waals surface area contributed by atoms with Gasteiger partial charge in [-0.2, -0.15) is 5.26 Å². The lowest BCUT2D eigenvalue weighted by molar-refractivity contribution is 0.189. The van der Waals surface area contributed by atoms with Gasteiger partial charge in [-0.05, 0) is 30.5 Å². The third-order valence-corrected chi connectivity index (χ3v) is 4.95. The maximum absolute atomic E-state index is 14.0. The van der Waals surface area contributed by atoms with Crippen molar-refractivity contribution < 1.29 is 4.39 Å². The summed E-state index contributed by atoms with van der Waals surface area (Å²) in [7, 11) is 1.73. The first kappa shape index (κ1) is 21.2. The molecule has 1 aromatic heterocycles. The molecule has 2 unspecified atom stereocenters. The van der Waals surface area contributed by atoms with Gasteiger partial charge in [0.25, 0.3) is 0 Å². The summed E-state index contributed by atoms with van der Waals surface area (Å²) >= 11 is 0. The SMILES string of the molecule is CN=C(NCc1cc(C#N)ccc1F)N1CCC(C)C(n2ccnc2)C1.I. The van der Waals surface area contributed by atoms with Crippen LogP contribution in [0, 0.1) is 23.1 Å². The van der Waals surface area contributed by atoms with Crippen molar-refractivity contribution in [3.05, 3.63) is 53.9 Å². The maximum atomic E-state index is 14.0. The van der Waals surface area contributed by atoms with Crippen LogP contribution in [-0.4, -0.2) is 40.5 Å². The number of nitriles is 1. The molecule has 1 aliphatic heterocycles. The summed E-state index contributed by atoms with van der Waals surface area (Å²) < 4.78 is 16.1. The number of hydrogen-bond donors (Lipinski definition) is 1. The number of nitrogens with zero attached hydrogens (tertiary/aromatic N) is 5. The van der Waals surface area contributed by atoms with Crippen molar-refractivity contribution in [2.75, 3.05) is 20.1 Å². The van der Waals surface area contributed by atoms with Gasteiger partial charge >= 0.3 is 0 Å². The van der Waals surface area contributed by atoms with Crippen molar-refractivity contribution >= 4 is 29.9 Å². The fraction of sp³-hybridized carbons (Fsp3) is 0.421. The fourth-order valence-corrected chi connectivity index (χ4v) is 3.38. The van der Waals surface area contributed by atoms with Gasteiger partial charge in [0, 0.05) is 44.6 Å². The first-order chi connectivity index (χ1) is 12.6. The summed E-state index contributed by atoms with van der Waals surface area (Å²) in [5, 5.41) is 12.2. The highest BCUT2D eigenvalue weighted by Crippen LogP contribution is 2.27. The monoisotopic (exact) mass is 482 g/mol. The molecule has 1 fully saturated rings. The second kappa shape index (κ2) is 9.69. The van der Waals surface area contributed by atoms with Crippen LogP contribution in [0.25, 0.3) is 0 Å². The Balaban J connectivity index is 0.00000261. The summed E-state index contributed by atoms with van der Waals surface area (Å²) in [6.45, 7) is 4.25. The van der Waals surface area contributed by atoms with Crippen molar-refractivity contribution in [2.45, 2.75) is 25.9 Å². The Morgan fingerprint density at radius 2 is 2.30 bits per heavy atom. The molecule has 2 heterocycles. The number of piperidine rings is 1. The summed E-state index contributed by atoms with van der Waals surface area (Å²) in [6, 6.07) is 6.75. The zero-order valence-corrected chi connectivity index (χ0v) is 17.8. The first-order valence-electron chi connectivity index (χ1n) is 8.74. The molecule has 0 bridgehead atoms. The summed E-state index contributed by atoms with van der Waals surface area (Å²) in [6.07, 6.45) is 6.68. The number of aromatic nitrogens is 2. The van der Waals surface area contributed by atoms with Gasteiger partial charge in [-0.1, -0.05) is 6.92 Å². The number of nitrogens with one attached hydrogen (secondary N) is 1.